The molecule has 0 fully saturated rings. The van der Waals surface area contributed by atoms with Crippen molar-refractivity contribution in [2.24, 2.45) is 0 Å². The molecule has 0 radical (unpaired) electrons. The van der Waals surface area contributed by atoms with E-state index in [-0.39, 0.29) is 6.61 Å². The summed E-state index contributed by atoms with van der Waals surface area (Å²) in [4.78, 5) is 10.4. The van der Waals surface area contributed by atoms with Gasteiger partial charge in [0.1, 0.15) is 0 Å². The van der Waals surface area contributed by atoms with Gasteiger partial charge in [-0.1, -0.05) is 24.3 Å². The lowest BCUT2D eigenvalue weighted by molar-refractivity contribution is -0.105. The normalized spacial score (nSPS) is 10.2. The van der Waals surface area contributed by atoms with Crippen LogP contribution in [0.25, 0.3) is 10.8 Å². The Hall–Kier alpha value is -1.87. The molecule has 0 saturated heterocycles. The Morgan fingerprint density at radius 2 is 1.87 bits per heavy atom. The smallest absolute Gasteiger partial charge is 0.211 e. The van der Waals surface area contributed by atoms with Gasteiger partial charge in [-0.25, -0.2) is 0 Å². The summed E-state index contributed by atoms with van der Waals surface area (Å²) in [6, 6.07) is 11.5. The number of aliphatic hydroxyl groups excluding tert-OH is 1. The van der Waals surface area contributed by atoms with Gasteiger partial charge in [-0.15, -0.1) is 0 Å². The number of hydrogen-bond acceptors (Lipinski definition) is 2. The lowest BCUT2D eigenvalue weighted by Gasteiger charge is -2.07. The van der Waals surface area contributed by atoms with Crippen molar-refractivity contribution >= 4 is 22.9 Å². The van der Waals surface area contributed by atoms with Crippen LogP contribution in [0.2, 0.25) is 0 Å². The van der Waals surface area contributed by atoms with Crippen molar-refractivity contribution in [3.63, 3.8) is 0 Å². The van der Waals surface area contributed by atoms with Gasteiger partial charge in [0, 0.05) is 11.3 Å². The number of hydrogen-bond donors (Lipinski definition) is 2. The van der Waals surface area contributed by atoms with E-state index >= 15 is 0 Å². The Kier molecular flexibility index (Phi) is 2.65. The fourth-order valence-electron chi connectivity index (χ4n) is 1.62. The first kappa shape index (κ1) is 9.68. The molecule has 0 unspecified atom stereocenters. The second kappa shape index (κ2) is 4.11. The minimum atomic E-state index is -0.0823. The molecule has 76 valence electrons. The highest BCUT2D eigenvalue weighted by Gasteiger charge is 2.02. The maximum atomic E-state index is 10.4. The summed E-state index contributed by atoms with van der Waals surface area (Å²) in [5.41, 5.74) is 1.38. The first-order chi connectivity index (χ1) is 7.35. The molecular weight excluding hydrogens is 190 g/mol. The van der Waals surface area contributed by atoms with Gasteiger partial charge in [0.25, 0.3) is 0 Å². The van der Waals surface area contributed by atoms with Crippen molar-refractivity contribution in [1.82, 2.24) is 0 Å². The first-order valence-electron chi connectivity index (χ1n) is 4.68. The Morgan fingerprint density at radius 3 is 2.47 bits per heavy atom. The number of benzene rings is 2. The molecular formula is C12H11NO2. The van der Waals surface area contributed by atoms with Crippen LogP contribution in [0, 0.1) is 0 Å². The molecule has 3 heteroatoms. The molecule has 3 nitrogen and oxygen atoms in total. The quantitative estimate of drug-likeness (QED) is 0.745. The molecule has 1 amide bonds. The van der Waals surface area contributed by atoms with Crippen molar-refractivity contribution < 1.29 is 9.90 Å². The summed E-state index contributed by atoms with van der Waals surface area (Å²) in [6.07, 6.45) is 0.614. The highest BCUT2D eigenvalue weighted by molar-refractivity contribution is 5.89. The number of carbonyl (C=O) groups excluding carboxylic acids is 1. The molecule has 0 aliphatic rings. The van der Waals surface area contributed by atoms with E-state index in [0.717, 1.165) is 16.3 Å². The summed E-state index contributed by atoms with van der Waals surface area (Å²) < 4.78 is 0. The third kappa shape index (κ3) is 1.82. The van der Waals surface area contributed by atoms with Crippen LogP contribution in [0.3, 0.4) is 0 Å². The van der Waals surface area contributed by atoms with Crippen molar-refractivity contribution in [2.75, 3.05) is 5.32 Å². The summed E-state index contributed by atoms with van der Waals surface area (Å²) in [5, 5.41) is 13.8. The molecule has 0 heterocycles. The lowest BCUT2D eigenvalue weighted by Crippen LogP contribution is -1.98. The van der Waals surface area contributed by atoms with E-state index in [9.17, 15) is 4.79 Å². The Labute approximate surface area is 87.3 Å². The summed E-state index contributed by atoms with van der Waals surface area (Å²) >= 11 is 0. The number of carbonyl (C=O) groups is 1. The molecule has 0 spiro atoms. The lowest BCUT2D eigenvalue weighted by atomic mass is 10.1. The van der Waals surface area contributed by atoms with Gasteiger partial charge in [-0.2, -0.15) is 0 Å². The molecule has 0 bridgehead atoms. The van der Waals surface area contributed by atoms with Crippen molar-refractivity contribution in [3.05, 3.63) is 42.0 Å². The molecule has 2 aromatic rings. The fraction of sp³-hybridized carbons (Fsp3) is 0.0833. The van der Waals surface area contributed by atoms with Crippen molar-refractivity contribution in [2.45, 2.75) is 6.61 Å². The second-order valence-corrected chi connectivity index (χ2v) is 3.28. The van der Waals surface area contributed by atoms with Gasteiger partial charge in [0.2, 0.25) is 6.41 Å². The molecule has 15 heavy (non-hydrogen) atoms. The molecule has 2 N–H and O–H groups in total. The molecule has 0 aromatic heterocycles. The minimum Gasteiger partial charge on any atom is -0.392 e. The van der Waals surface area contributed by atoms with Crippen LogP contribution in [0.1, 0.15) is 5.56 Å². The van der Waals surface area contributed by atoms with E-state index in [1.807, 2.05) is 36.4 Å². The number of aliphatic hydroxyl groups is 1. The van der Waals surface area contributed by atoms with E-state index in [0.29, 0.717) is 12.1 Å². The summed E-state index contributed by atoms with van der Waals surface area (Å²) in [7, 11) is 0. The van der Waals surface area contributed by atoms with Crippen molar-refractivity contribution in [3.8, 4) is 0 Å². The Balaban J connectivity index is 2.63. The predicted octanol–water partition coefficient (Wildman–Crippen LogP) is 1.90. The molecule has 2 aromatic carbocycles. The van der Waals surface area contributed by atoms with Crippen LogP contribution < -0.4 is 5.32 Å². The van der Waals surface area contributed by atoms with Gasteiger partial charge in [-0.05, 0) is 22.9 Å². The largest absolute Gasteiger partial charge is 0.392 e. The van der Waals surface area contributed by atoms with Gasteiger partial charge in [-0.3, -0.25) is 4.79 Å². The summed E-state index contributed by atoms with van der Waals surface area (Å²) in [5.74, 6) is 0. The topological polar surface area (TPSA) is 49.3 Å². The highest BCUT2D eigenvalue weighted by atomic mass is 16.3. The second-order valence-electron chi connectivity index (χ2n) is 3.28. The average Bonchev–Trinajstić information content (AvgIpc) is 2.28. The van der Waals surface area contributed by atoms with E-state index in [4.69, 9.17) is 5.11 Å². The van der Waals surface area contributed by atoms with Crippen LogP contribution in [-0.2, 0) is 11.4 Å². The zero-order chi connectivity index (χ0) is 10.7. The zero-order valence-electron chi connectivity index (χ0n) is 8.10. The first-order valence-corrected chi connectivity index (χ1v) is 4.68. The zero-order valence-corrected chi connectivity index (χ0v) is 8.10. The molecule has 0 aliphatic carbocycles. The third-order valence-electron chi connectivity index (χ3n) is 2.36. The van der Waals surface area contributed by atoms with Crippen LogP contribution >= 0.6 is 0 Å². The molecule has 0 saturated carbocycles. The van der Waals surface area contributed by atoms with Gasteiger partial charge in [0.15, 0.2) is 0 Å². The Bertz CT molecular complexity index is 494. The third-order valence-corrected chi connectivity index (χ3v) is 2.36. The summed E-state index contributed by atoms with van der Waals surface area (Å²) in [6.45, 7) is -0.0823. The van der Waals surface area contributed by atoms with Crippen LogP contribution in [-0.4, -0.2) is 11.5 Å². The van der Waals surface area contributed by atoms with Gasteiger partial charge in [0.05, 0.1) is 6.61 Å². The number of fused-ring (bicyclic) bond motifs is 1. The molecule has 0 aliphatic heterocycles. The van der Waals surface area contributed by atoms with E-state index in [2.05, 4.69) is 5.32 Å². The molecule has 0 atom stereocenters. The number of nitrogens with one attached hydrogen (secondary N) is 1. The molecule has 2 rings (SSSR count). The number of amides is 1. The van der Waals surface area contributed by atoms with Gasteiger partial charge >= 0.3 is 0 Å². The minimum absolute atomic E-state index is 0.0823. The van der Waals surface area contributed by atoms with E-state index in [1.54, 1.807) is 0 Å². The maximum absolute atomic E-state index is 10.4. The van der Waals surface area contributed by atoms with Crippen LogP contribution in [0.4, 0.5) is 5.69 Å². The van der Waals surface area contributed by atoms with E-state index in [1.165, 1.54) is 0 Å². The number of anilines is 1. The van der Waals surface area contributed by atoms with Crippen LogP contribution in [0.5, 0.6) is 0 Å². The Morgan fingerprint density at radius 1 is 1.20 bits per heavy atom. The number of rotatable bonds is 3. The van der Waals surface area contributed by atoms with Crippen LogP contribution in [0.15, 0.2) is 36.4 Å². The highest BCUT2D eigenvalue weighted by Crippen LogP contribution is 2.23. The fourth-order valence-corrected chi connectivity index (χ4v) is 1.62. The van der Waals surface area contributed by atoms with Gasteiger partial charge < -0.3 is 10.4 Å². The van der Waals surface area contributed by atoms with E-state index < -0.39 is 0 Å². The predicted molar refractivity (Wildman–Crippen MR) is 59.6 cm³/mol. The van der Waals surface area contributed by atoms with Crippen molar-refractivity contribution in [1.29, 1.82) is 0 Å². The monoisotopic (exact) mass is 201 g/mol. The SMILES string of the molecule is O=CNc1cc2ccccc2cc1CO. The average molecular weight is 201 g/mol. The maximum Gasteiger partial charge on any atom is 0.211 e. The standard InChI is InChI=1S/C12H11NO2/c14-7-11-5-9-3-1-2-4-10(9)6-12(11)13-8-15/h1-6,8,14H,7H2,(H,13,15).